The molecule has 31 heavy (non-hydrogen) atoms. The van der Waals surface area contributed by atoms with E-state index in [9.17, 15) is 13.2 Å². The molecule has 0 radical (unpaired) electrons. The van der Waals surface area contributed by atoms with Crippen LogP contribution in [0.3, 0.4) is 0 Å². The van der Waals surface area contributed by atoms with Gasteiger partial charge in [-0.15, -0.1) is 0 Å². The van der Waals surface area contributed by atoms with Crippen LogP contribution in [0.5, 0.6) is 0 Å². The van der Waals surface area contributed by atoms with E-state index in [-0.39, 0.29) is 24.4 Å². The first-order valence-corrected chi connectivity index (χ1v) is 12.5. The summed E-state index contributed by atoms with van der Waals surface area (Å²) >= 11 is 0. The Hall–Kier alpha value is -2.18. The highest BCUT2D eigenvalue weighted by Crippen LogP contribution is 2.29. The standard InChI is InChI=1S/C25H34N2O3S/c1-18-15-19(2)24(20(3)16-18)31(29,30)27-14-8-11-23(17-27)25(28)26-21(4)12-13-22-9-6-5-7-10-22/h5-7,9-10,15-16,21,23H,8,11-14,17H2,1-4H3,(H,26,28)/t21-,23-/m0/s1. The second-order valence-electron chi connectivity index (χ2n) is 8.86. The molecule has 0 aromatic heterocycles. The topological polar surface area (TPSA) is 66.5 Å². The molecule has 3 rings (SSSR count). The number of sulfonamides is 1. The van der Waals surface area contributed by atoms with Crippen molar-refractivity contribution in [1.82, 2.24) is 9.62 Å². The van der Waals surface area contributed by atoms with Gasteiger partial charge in [-0.25, -0.2) is 8.42 Å². The van der Waals surface area contributed by atoms with E-state index in [1.807, 2.05) is 58.0 Å². The summed E-state index contributed by atoms with van der Waals surface area (Å²) in [6, 6.07) is 14.1. The van der Waals surface area contributed by atoms with E-state index in [1.54, 1.807) is 0 Å². The SMILES string of the molecule is Cc1cc(C)c(S(=O)(=O)N2CCC[C@H](C(=O)N[C@@H](C)CCc3ccccc3)C2)c(C)c1. The zero-order valence-corrected chi connectivity index (χ0v) is 19.8. The number of aryl methyl sites for hydroxylation is 4. The number of benzene rings is 2. The number of piperidine rings is 1. The molecule has 0 spiro atoms. The van der Waals surface area contributed by atoms with Crippen LogP contribution in [-0.2, 0) is 21.2 Å². The summed E-state index contributed by atoms with van der Waals surface area (Å²) in [7, 11) is -3.63. The fraction of sp³-hybridized carbons (Fsp3) is 0.480. The van der Waals surface area contributed by atoms with E-state index in [2.05, 4.69) is 17.4 Å². The Bertz CT molecular complexity index is 995. The molecule has 5 nitrogen and oxygen atoms in total. The summed E-state index contributed by atoms with van der Waals surface area (Å²) in [6.07, 6.45) is 3.17. The minimum absolute atomic E-state index is 0.0428. The maximum absolute atomic E-state index is 13.4. The molecule has 0 unspecified atom stereocenters. The molecular weight excluding hydrogens is 408 g/mol. The summed E-state index contributed by atoms with van der Waals surface area (Å²) in [5, 5.41) is 3.10. The third kappa shape index (κ3) is 5.74. The van der Waals surface area contributed by atoms with Crippen LogP contribution in [0.2, 0.25) is 0 Å². The van der Waals surface area contributed by atoms with Gasteiger partial charge in [0.1, 0.15) is 0 Å². The number of carbonyl (C=O) groups excluding carboxylic acids is 1. The molecule has 1 aliphatic rings. The van der Waals surface area contributed by atoms with Crippen molar-refractivity contribution < 1.29 is 13.2 Å². The predicted molar refractivity (Wildman–Crippen MR) is 125 cm³/mol. The van der Waals surface area contributed by atoms with Crippen LogP contribution >= 0.6 is 0 Å². The average molecular weight is 443 g/mol. The third-order valence-corrected chi connectivity index (χ3v) is 8.23. The van der Waals surface area contributed by atoms with Crippen LogP contribution in [-0.4, -0.2) is 37.8 Å². The predicted octanol–water partition coefficient (Wildman–Crippen LogP) is 4.15. The Kier molecular flexibility index (Phi) is 7.55. The molecule has 1 amide bonds. The maximum Gasteiger partial charge on any atom is 0.243 e. The van der Waals surface area contributed by atoms with Crippen molar-refractivity contribution in [2.45, 2.75) is 64.3 Å². The van der Waals surface area contributed by atoms with Gasteiger partial charge in [0.2, 0.25) is 15.9 Å². The van der Waals surface area contributed by atoms with Crippen molar-refractivity contribution in [3.63, 3.8) is 0 Å². The van der Waals surface area contributed by atoms with Gasteiger partial charge < -0.3 is 5.32 Å². The van der Waals surface area contributed by atoms with Gasteiger partial charge in [0.25, 0.3) is 0 Å². The highest BCUT2D eigenvalue weighted by molar-refractivity contribution is 7.89. The fourth-order valence-corrected chi connectivity index (χ4v) is 6.47. The van der Waals surface area contributed by atoms with Crippen LogP contribution in [0.25, 0.3) is 0 Å². The molecule has 6 heteroatoms. The molecule has 1 heterocycles. The van der Waals surface area contributed by atoms with Gasteiger partial charge in [-0.05, 0) is 70.1 Å². The average Bonchev–Trinajstić information content (AvgIpc) is 2.72. The first-order valence-electron chi connectivity index (χ1n) is 11.1. The number of carbonyl (C=O) groups is 1. The van der Waals surface area contributed by atoms with E-state index in [0.29, 0.717) is 17.9 Å². The lowest BCUT2D eigenvalue weighted by atomic mass is 9.98. The normalized spacial score (nSPS) is 18.5. The Morgan fingerprint density at radius 3 is 2.42 bits per heavy atom. The molecular formula is C25H34N2O3S. The smallest absolute Gasteiger partial charge is 0.243 e. The van der Waals surface area contributed by atoms with Crippen molar-refractivity contribution in [2.24, 2.45) is 5.92 Å². The van der Waals surface area contributed by atoms with Crippen molar-refractivity contribution in [1.29, 1.82) is 0 Å². The van der Waals surface area contributed by atoms with Gasteiger partial charge in [0.15, 0.2) is 0 Å². The minimum atomic E-state index is -3.63. The van der Waals surface area contributed by atoms with E-state index in [0.717, 1.165) is 36.0 Å². The molecule has 2 atom stereocenters. The number of hydrogen-bond acceptors (Lipinski definition) is 3. The van der Waals surface area contributed by atoms with E-state index in [1.165, 1.54) is 9.87 Å². The molecule has 0 aliphatic carbocycles. The number of hydrogen-bond donors (Lipinski definition) is 1. The second kappa shape index (κ2) is 9.96. The Labute approximate surface area is 186 Å². The van der Waals surface area contributed by atoms with E-state index >= 15 is 0 Å². The van der Waals surface area contributed by atoms with Gasteiger partial charge in [0.05, 0.1) is 10.8 Å². The van der Waals surface area contributed by atoms with E-state index < -0.39 is 10.0 Å². The lowest BCUT2D eigenvalue weighted by Crippen LogP contribution is -2.47. The van der Waals surface area contributed by atoms with E-state index in [4.69, 9.17) is 0 Å². The van der Waals surface area contributed by atoms with Gasteiger partial charge in [-0.1, -0.05) is 48.0 Å². The lowest BCUT2D eigenvalue weighted by molar-refractivity contribution is -0.126. The van der Waals surface area contributed by atoms with Crippen molar-refractivity contribution in [2.75, 3.05) is 13.1 Å². The van der Waals surface area contributed by atoms with Crippen LogP contribution in [0, 0.1) is 26.7 Å². The summed E-state index contributed by atoms with van der Waals surface area (Å²) in [6.45, 7) is 8.37. The molecule has 1 aliphatic heterocycles. The van der Waals surface area contributed by atoms with Crippen LogP contribution in [0.1, 0.15) is 48.4 Å². The van der Waals surface area contributed by atoms with Crippen molar-refractivity contribution in [3.8, 4) is 0 Å². The summed E-state index contributed by atoms with van der Waals surface area (Å²) in [5.74, 6) is -0.355. The molecule has 1 saturated heterocycles. The molecule has 2 aromatic rings. The molecule has 0 saturated carbocycles. The first-order chi connectivity index (χ1) is 14.7. The van der Waals surface area contributed by atoms with Gasteiger partial charge in [-0.2, -0.15) is 4.31 Å². The zero-order chi connectivity index (χ0) is 22.6. The minimum Gasteiger partial charge on any atom is -0.353 e. The summed E-state index contributed by atoms with van der Waals surface area (Å²) < 4.78 is 28.3. The number of nitrogens with one attached hydrogen (secondary N) is 1. The van der Waals surface area contributed by atoms with Crippen LogP contribution in [0.4, 0.5) is 0 Å². The molecule has 1 N–H and O–H groups in total. The molecule has 168 valence electrons. The molecule has 0 bridgehead atoms. The number of rotatable bonds is 7. The van der Waals surface area contributed by atoms with Gasteiger partial charge in [-0.3, -0.25) is 4.79 Å². The first kappa shape index (κ1) is 23.5. The second-order valence-corrected chi connectivity index (χ2v) is 10.7. The maximum atomic E-state index is 13.4. The third-order valence-electron chi connectivity index (χ3n) is 6.05. The lowest BCUT2D eigenvalue weighted by Gasteiger charge is -2.32. The van der Waals surface area contributed by atoms with Gasteiger partial charge in [0, 0.05) is 19.1 Å². The molecule has 2 aromatic carbocycles. The van der Waals surface area contributed by atoms with Crippen molar-refractivity contribution in [3.05, 3.63) is 64.7 Å². The highest BCUT2D eigenvalue weighted by Gasteiger charge is 2.35. The van der Waals surface area contributed by atoms with Crippen LogP contribution < -0.4 is 5.32 Å². The summed E-state index contributed by atoms with van der Waals surface area (Å²) in [5.41, 5.74) is 3.83. The number of nitrogens with zero attached hydrogens (tertiary/aromatic N) is 1. The van der Waals surface area contributed by atoms with Crippen LogP contribution in [0.15, 0.2) is 47.4 Å². The number of amides is 1. The Balaban J connectivity index is 1.64. The van der Waals surface area contributed by atoms with Crippen molar-refractivity contribution >= 4 is 15.9 Å². The largest absolute Gasteiger partial charge is 0.353 e. The zero-order valence-electron chi connectivity index (χ0n) is 19.0. The highest BCUT2D eigenvalue weighted by atomic mass is 32.2. The fourth-order valence-electron chi connectivity index (χ4n) is 4.54. The monoisotopic (exact) mass is 442 g/mol. The molecule has 1 fully saturated rings. The Morgan fingerprint density at radius 1 is 1.13 bits per heavy atom. The summed E-state index contributed by atoms with van der Waals surface area (Å²) in [4.78, 5) is 13.3. The van der Waals surface area contributed by atoms with Gasteiger partial charge >= 0.3 is 0 Å². The Morgan fingerprint density at radius 2 is 1.77 bits per heavy atom. The quantitative estimate of drug-likeness (QED) is 0.700.